The van der Waals surface area contributed by atoms with Crippen molar-refractivity contribution in [1.82, 2.24) is 4.98 Å². The molecule has 0 aliphatic carbocycles. The van der Waals surface area contributed by atoms with Gasteiger partial charge in [-0.05, 0) is 24.1 Å². The van der Waals surface area contributed by atoms with Gasteiger partial charge >= 0.3 is 0 Å². The maximum absolute atomic E-state index is 12.0. The van der Waals surface area contributed by atoms with E-state index in [1.165, 1.54) is 11.3 Å². The molecule has 1 aromatic heterocycles. The third-order valence-electron chi connectivity index (χ3n) is 3.14. The molecule has 6 heteroatoms. The smallest absolute Gasteiger partial charge is 0.243 e. The van der Waals surface area contributed by atoms with Crippen molar-refractivity contribution in [1.29, 1.82) is 0 Å². The van der Waals surface area contributed by atoms with Crippen molar-refractivity contribution >= 4 is 44.2 Å². The van der Waals surface area contributed by atoms with E-state index in [2.05, 4.69) is 10.3 Å². The SMILES string of the molecule is CCC(C)C(N)C(=O)Nc1nc2ccc(Cl)cc2s1. The molecule has 102 valence electrons. The lowest BCUT2D eigenvalue weighted by Crippen LogP contribution is -2.40. The van der Waals surface area contributed by atoms with E-state index in [0.717, 1.165) is 16.6 Å². The van der Waals surface area contributed by atoms with Crippen LogP contribution in [0.2, 0.25) is 5.02 Å². The molecule has 1 heterocycles. The molecule has 0 saturated heterocycles. The first kappa shape index (κ1) is 14.2. The van der Waals surface area contributed by atoms with E-state index in [4.69, 9.17) is 17.3 Å². The Morgan fingerprint density at radius 2 is 2.32 bits per heavy atom. The summed E-state index contributed by atoms with van der Waals surface area (Å²) in [5, 5.41) is 3.98. The van der Waals surface area contributed by atoms with Gasteiger partial charge in [-0.1, -0.05) is 43.2 Å². The van der Waals surface area contributed by atoms with Crippen LogP contribution >= 0.6 is 22.9 Å². The summed E-state index contributed by atoms with van der Waals surface area (Å²) in [6.45, 7) is 3.97. The van der Waals surface area contributed by atoms with Crippen LogP contribution in [0.5, 0.6) is 0 Å². The molecule has 2 aromatic rings. The Balaban J connectivity index is 2.15. The minimum atomic E-state index is -0.513. The van der Waals surface area contributed by atoms with E-state index in [1.807, 2.05) is 26.0 Å². The van der Waals surface area contributed by atoms with E-state index in [9.17, 15) is 4.79 Å². The van der Waals surface area contributed by atoms with E-state index in [-0.39, 0.29) is 11.8 Å². The van der Waals surface area contributed by atoms with Crippen molar-refractivity contribution in [2.24, 2.45) is 11.7 Å². The highest BCUT2D eigenvalue weighted by atomic mass is 35.5. The summed E-state index contributed by atoms with van der Waals surface area (Å²) in [5.74, 6) is -0.0525. The van der Waals surface area contributed by atoms with Crippen molar-refractivity contribution in [3.63, 3.8) is 0 Å². The number of halogens is 1. The number of carbonyl (C=O) groups excluding carboxylic acids is 1. The van der Waals surface area contributed by atoms with E-state index in [0.29, 0.717) is 10.2 Å². The van der Waals surface area contributed by atoms with Crippen molar-refractivity contribution in [3.05, 3.63) is 23.2 Å². The summed E-state index contributed by atoms with van der Waals surface area (Å²) in [7, 11) is 0. The minimum Gasteiger partial charge on any atom is -0.320 e. The number of hydrogen-bond acceptors (Lipinski definition) is 4. The monoisotopic (exact) mass is 297 g/mol. The number of nitrogens with two attached hydrogens (primary N) is 1. The third kappa shape index (κ3) is 3.23. The van der Waals surface area contributed by atoms with Crippen molar-refractivity contribution in [2.75, 3.05) is 5.32 Å². The van der Waals surface area contributed by atoms with Gasteiger partial charge in [-0.2, -0.15) is 0 Å². The Morgan fingerprint density at radius 1 is 1.58 bits per heavy atom. The van der Waals surface area contributed by atoms with E-state index in [1.54, 1.807) is 6.07 Å². The lowest BCUT2D eigenvalue weighted by Gasteiger charge is -2.16. The molecule has 0 aliphatic rings. The number of benzene rings is 1. The number of amides is 1. The number of fused-ring (bicyclic) bond motifs is 1. The largest absolute Gasteiger partial charge is 0.320 e. The van der Waals surface area contributed by atoms with Crippen LogP contribution < -0.4 is 11.1 Å². The summed E-state index contributed by atoms with van der Waals surface area (Å²) in [6, 6.07) is 4.93. The first-order chi connectivity index (χ1) is 9.01. The Hall–Kier alpha value is -1.17. The summed E-state index contributed by atoms with van der Waals surface area (Å²) >= 11 is 7.31. The fourth-order valence-electron chi connectivity index (χ4n) is 1.65. The molecule has 0 spiro atoms. The summed E-state index contributed by atoms with van der Waals surface area (Å²) < 4.78 is 0.944. The predicted molar refractivity (Wildman–Crippen MR) is 80.7 cm³/mol. The molecule has 4 nitrogen and oxygen atoms in total. The molecule has 2 rings (SSSR count). The number of carbonyl (C=O) groups is 1. The first-order valence-corrected chi connectivity index (χ1v) is 7.33. The number of nitrogens with one attached hydrogen (secondary N) is 1. The average molecular weight is 298 g/mol. The van der Waals surface area contributed by atoms with Crippen LogP contribution in [0.4, 0.5) is 5.13 Å². The lowest BCUT2D eigenvalue weighted by atomic mass is 10.00. The Kier molecular flexibility index (Phi) is 4.39. The highest BCUT2D eigenvalue weighted by Gasteiger charge is 2.20. The van der Waals surface area contributed by atoms with Gasteiger partial charge in [0, 0.05) is 5.02 Å². The van der Waals surface area contributed by atoms with E-state index >= 15 is 0 Å². The molecule has 2 unspecified atom stereocenters. The molecular weight excluding hydrogens is 282 g/mol. The third-order valence-corrected chi connectivity index (χ3v) is 4.31. The zero-order chi connectivity index (χ0) is 14.0. The highest BCUT2D eigenvalue weighted by molar-refractivity contribution is 7.22. The van der Waals surface area contributed by atoms with Crippen LogP contribution in [0.1, 0.15) is 20.3 Å². The molecule has 1 aromatic carbocycles. The van der Waals surface area contributed by atoms with Gasteiger partial charge in [0.2, 0.25) is 5.91 Å². The quantitative estimate of drug-likeness (QED) is 0.910. The lowest BCUT2D eigenvalue weighted by molar-refractivity contribution is -0.118. The van der Waals surface area contributed by atoms with Crippen LogP contribution in [-0.2, 0) is 4.79 Å². The fraction of sp³-hybridized carbons (Fsp3) is 0.385. The van der Waals surface area contributed by atoms with Gasteiger partial charge < -0.3 is 11.1 Å². The molecule has 0 aliphatic heterocycles. The molecule has 1 amide bonds. The molecular formula is C13H16ClN3OS. The second kappa shape index (κ2) is 5.86. The number of anilines is 1. The summed E-state index contributed by atoms with van der Waals surface area (Å²) in [5.41, 5.74) is 6.70. The molecule has 3 N–H and O–H groups in total. The van der Waals surface area contributed by atoms with Crippen LogP contribution in [0.15, 0.2) is 18.2 Å². The van der Waals surface area contributed by atoms with Gasteiger partial charge in [-0.15, -0.1) is 0 Å². The van der Waals surface area contributed by atoms with Gasteiger partial charge in [0.05, 0.1) is 16.3 Å². The van der Waals surface area contributed by atoms with Gasteiger partial charge in [-0.3, -0.25) is 4.79 Å². The molecule has 0 bridgehead atoms. The van der Waals surface area contributed by atoms with E-state index < -0.39 is 6.04 Å². The molecule has 0 radical (unpaired) electrons. The van der Waals surface area contributed by atoms with Gasteiger partial charge in [-0.25, -0.2) is 4.98 Å². The molecule has 0 saturated carbocycles. The Labute approximate surface area is 121 Å². The molecule has 0 fully saturated rings. The Morgan fingerprint density at radius 3 is 3.00 bits per heavy atom. The van der Waals surface area contributed by atoms with Crippen LogP contribution in [-0.4, -0.2) is 16.9 Å². The average Bonchev–Trinajstić information content (AvgIpc) is 2.77. The van der Waals surface area contributed by atoms with Crippen LogP contribution in [0, 0.1) is 5.92 Å². The summed E-state index contributed by atoms with van der Waals surface area (Å²) in [6.07, 6.45) is 0.865. The van der Waals surface area contributed by atoms with Gasteiger partial charge in [0.15, 0.2) is 5.13 Å². The number of nitrogens with zero attached hydrogens (tertiary/aromatic N) is 1. The van der Waals surface area contributed by atoms with Crippen LogP contribution in [0.25, 0.3) is 10.2 Å². The zero-order valence-electron chi connectivity index (χ0n) is 10.8. The number of aromatic nitrogens is 1. The normalized spacial score (nSPS) is 14.3. The Bertz CT molecular complexity index is 599. The van der Waals surface area contributed by atoms with Gasteiger partial charge in [0.25, 0.3) is 0 Å². The second-order valence-corrected chi connectivity index (χ2v) is 6.00. The number of hydrogen-bond donors (Lipinski definition) is 2. The maximum atomic E-state index is 12.0. The standard InChI is InChI=1S/C13H16ClN3OS/c1-3-7(2)11(15)12(18)17-13-16-9-5-4-8(14)6-10(9)19-13/h4-7,11H,3,15H2,1-2H3,(H,16,17,18). The number of rotatable bonds is 4. The maximum Gasteiger partial charge on any atom is 0.243 e. The topological polar surface area (TPSA) is 68.0 Å². The predicted octanol–water partition coefficient (Wildman–Crippen LogP) is 3.26. The zero-order valence-corrected chi connectivity index (χ0v) is 12.4. The fourth-order valence-corrected chi connectivity index (χ4v) is 2.80. The highest BCUT2D eigenvalue weighted by Crippen LogP contribution is 2.28. The molecule has 2 atom stereocenters. The van der Waals surface area contributed by atoms with Gasteiger partial charge in [0.1, 0.15) is 0 Å². The molecule has 19 heavy (non-hydrogen) atoms. The van der Waals surface area contributed by atoms with Crippen molar-refractivity contribution in [2.45, 2.75) is 26.3 Å². The van der Waals surface area contributed by atoms with Crippen LogP contribution in [0.3, 0.4) is 0 Å². The second-order valence-electron chi connectivity index (χ2n) is 4.53. The van der Waals surface area contributed by atoms with Crippen molar-refractivity contribution < 1.29 is 4.79 Å². The number of thiazole rings is 1. The summed E-state index contributed by atoms with van der Waals surface area (Å²) in [4.78, 5) is 16.3. The van der Waals surface area contributed by atoms with Crippen molar-refractivity contribution in [3.8, 4) is 0 Å². The minimum absolute atomic E-state index is 0.142. The first-order valence-electron chi connectivity index (χ1n) is 6.13.